The number of aromatic nitrogens is 2. The third kappa shape index (κ3) is 4.29. The lowest BCUT2D eigenvalue weighted by Gasteiger charge is -2.17. The standard InChI is InChI=1S/C12H19N3O3/c1-4-5-9(8-17-2)14-11-7-13-6-10(15-11)12(16)18-3/h6-7,9H,4-5,8H2,1-3H3,(H,14,15). The molecule has 0 radical (unpaired) electrons. The number of methoxy groups -OCH3 is 2. The van der Waals surface area contributed by atoms with Gasteiger partial charge >= 0.3 is 5.97 Å². The summed E-state index contributed by atoms with van der Waals surface area (Å²) < 4.78 is 9.72. The summed E-state index contributed by atoms with van der Waals surface area (Å²) in [7, 11) is 2.97. The average Bonchev–Trinajstić information content (AvgIpc) is 2.39. The van der Waals surface area contributed by atoms with E-state index >= 15 is 0 Å². The first kappa shape index (κ1) is 14.4. The van der Waals surface area contributed by atoms with Crippen molar-refractivity contribution in [3.63, 3.8) is 0 Å². The van der Waals surface area contributed by atoms with E-state index in [0.29, 0.717) is 12.4 Å². The molecule has 0 aliphatic rings. The van der Waals surface area contributed by atoms with Crippen molar-refractivity contribution >= 4 is 11.8 Å². The second-order valence-electron chi connectivity index (χ2n) is 3.87. The van der Waals surface area contributed by atoms with Gasteiger partial charge in [-0.1, -0.05) is 13.3 Å². The summed E-state index contributed by atoms with van der Waals surface area (Å²) in [4.78, 5) is 19.4. The van der Waals surface area contributed by atoms with Crippen molar-refractivity contribution in [2.75, 3.05) is 26.1 Å². The highest BCUT2D eigenvalue weighted by molar-refractivity contribution is 5.87. The molecule has 18 heavy (non-hydrogen) atoms. The maximum absolute atomic E-state index is 11.3. The van der Waals surface area contributed by atoms with Crippen molar-refractivity contribution in [2.24, 2.45) is 0 Å². The van der Waals surface area contributed by atoms with Gasteiger partial charge in [0.2, 0.25) is 0 Å². The van der Waals surface area contributed by atoms with Gasteiger partial charge in [0.25, 0.3) is 0 Å². The fourth-order valence-electron chi connectivity index (χ4n) is 1.59. The number of esters is 1. The highest BCUT2D eigenvalue weighted by atomic mass is 16.5. The molecule has 0 aliphatic heterocycles. The summed E-state index contributed by atoms with van der Waals surface area (Å²) in [5.74, 6) is 0.0540. The van der Waals surface area contributed by atoms with Gasteiger partial charge in [0.15, 0.2) is 5.69 Å². The molecule has 0 fully saturated rings. The molecule has 1 aromatic heterocycles. The number of rotatable bonds is 7. The van der Waals surface area contributed by atoms with E-state index in [2.05, 4.69) is 26.9 Å². The van der Waals surface area contributed by atoms with Crippen LogP contribution in [0.2, 0.25) is 0 Å². The Kier molecular flexibility index (Phi) is 6.07. The highest BCUT2D eigenvalue weighted by Gasteiger charge is 2.11. The van der Waals surface area contributed by atoms with E-state index in [1.54, 1.807) is 13.3 Å². The van der Waals surface area contributed by atoms with E-state index in [4.69, 9.17) is 4.74 Å². The zero-order chi connectivity index (χ0) is 13.4. The number of nitrogens with zero attached hydrogens (tertiary/aromatic N) is 2. The Morgan fingerprint density at radius 3 is 2.83 bits per heavy atom. The molecule has 0 bridgehead atoms. The van der Waals surface area contributed by atoms with Gasteiger partial charge in [-0.3, -0.25) is 4.98 Å². The molecule has 0 saturated heterocycles. The third-order valence-corrected chi connectivity index (χ3v) is 2.39. The number of ether oxygens (including phenoxy) is 2. The SMILES string of the molecule is CCCC(COC)Nc1cncc(C(=O)OC)n1. The van der Waals surface area contributed by atoms with Crippen molar-refractivity contribution in [3.8, 4) is 0 Å². The van der Waals surface area contributed by atoms with Crippen LogP contribution in [0.25, 0.3) is 0 Å². The van der Waals surface area contributed by atoms with Crippen LogP contribution < -0.4 is 5.32 Å². The van der Waals surface area contributed by atoms with Gasteiger partial charge in [0.05, 0.1) is 32.2 Å². The number of carbonyl (C=O) groups is 1. The molecule has 100 valence electrons. The molecule has 1 rings (SSSR count). The number of hydrogen-bond donors (Lipinski definition) is 1. The van der Waals surface area contributed by atoms with Crippen LogP contribution in [0.5, 0.6) is 0 Å². The van der Waals surface area contributed by atoms with E-state index in [9.17, 15) is 4.79 Å². The predicted octanol–water partition coefficient (Wildman–Crippen LogP) is 1.49. The molecule has 1 unspecified atom stereocenters. The molecule has 6 heteroatoms. The smallest absolute Gasteiger partial charge is 0.358 e. The second kappa shape index (κ2) is 7.60. The summed E-state index contributed by atoms with van der Waals surface area (Å²) in [6, 6.07) is 0.155. The summed E-state index contributed by atoms with van der Waals surface area (Å²) in [6.07, 6.45) is 4.94. The van der Waals surface area contributed by atoms with Gasteiger partial charge in [-0.25, -0.2) is 9.78 Å². The first-order valence-corrected chi connectivity index (χ1v) is 5.87. The van der Waals surface area contributed by atoms with Crippen molar-refractivity contribution < 1.29 is 14.3 Å². The Labute approximate surface area is 107 Å². The molecule has 0 aromatic carbocycles. The van der Waals surface area contributed by atoms with Gasteiger partial charge in [0.1, 0.15) is 5.82 Å². The van der Waals surface area contributed by atoms with Crippen molar-refractivity contribution in [1.29, 1.82) is 0 Å². The van der Waals surface area contributed by atoms with Gasteiger partial charge < -0.3 is 14.8 Å². The molecule has 0 aliphatic carbocycles. The minimum atomic E-state index is -0.495. The lowest BCUT2D eigenvalue weighted by atomic mass is 10.2. The van der Waals surface area contributed by atoms with Crippen LogP contribution in [0, 0.1) is 0 Å². The first-order valence-electron chi connectivity index (χ1n) is 5.87. The van der Waals surface area contributed by atoms with Crippen LogP contribution in [0.4, 0.5) is 5.82 Å². The number of carbonyl (C=O) groups excluding carboxylic acids is 1. The molecule has 0 spiro atoms. The average molecular weight is 253 g/mol. The number of hydrogen-bond acceptors (Lipinski definition) is 6. The van der Waals surface area contributed by atoms with Crippen molar-refractivity contribution in [2.45, 2.75) is 25.8 Å². The van der Waals surface area contributed by atoms with Crippen LogP contribution in [-0.4, -0.2) is 42.8 Å². The number of anilines is 1. The molecule has 1 aromatic rings. The fourth-order valence-corrected chi connectivity index (χ4v) is 1.59. The molecule has 1 N–H and O–H groups in total. The molecule has 0 saturated carbocycles. The number of nitrogens with one attached hydrogen (secondary N) is 1. The lowest BCUT2D eigenvalue weighted by molar-refractivity contribution is 0.0593. The minimum absolute atomic E-state index is 0.155. The Hall–Kier alpha value is -1.69. The highest BCUT2D eigenvalue weighted by Crippen LogP contribution is 2.08. The van der Waals surface area contributed by atoms with Gasteiger partial charge in [-0.15, -0.1) is 0 Å². The fraction of sp³-hybridized carbons (Fsp3) is 0.583. The molecule has 6 nitrogen and oxygen atoms in total. The van der Waals surface area contributed by atoms with Crippen molar-refractivity contribution in [1.82, 2.24) is 9.97 Å². The largest absolute Gasteiger partial charge is 0.464 e. The maximum atomic E-state index is 11.3. The molecular formula is C12H19N3O3. The van der Waals surface area contributed by atoms with Crippen LogP contribution in [0.15, 0.2) is 12.4 Å². The van der Waals surface area contributed by atoms with E-state index in [0.717, 1.165) is 12.8 Å². The van der Waals surface area contributed by atoms with Crippen LogP contribution in [0.1, 0.15) is 30.3 Å². The van der Waals surface area contributed by atoms with E-state index in [1.165, 1.54) is 13.3 Å². The van der Waals surface area contributed by atoms with Gasteiger partial charge in [0, 0.05) is 7.11 Å². The van der Waals surface area contributed by atoms with Crippen LogP contribution in [-0.2, 0) is 9.47 Å². The Morgan fingerprint density at radius 1 is 1.44 bits per heavy atom. The Morgan fingerprint density at radius 2 is 2.22 bits per heavy atom. The normalized spacial score (nSPS) is 11.9. The monoisotopic (exact) mass is 253 g/mol. The summed E-state index contributed by atoms with van der Waals surface area (Å²) in [5, 5.41) is 3.19. The minimum Gasteiger partial charge on any atom is -0.464 e. The second-order valence-corrected chi connectivity index (χ2v) is 3.87. The van der Waals surface area contributed by atoms with E-state index < -0.39 is 5.97 Å². The summed E-state index contributed by atoms with van der Waals surface area (Å²) >= 11 is 0. The third-order valence-electron chi connectivity index (χ3n) is 2.39. The van der Waals surface area contributed by atoms with E-state index in [-0.39, 0.29) is 11.7 Å². The molecule has 0 amide bonds. The Balaban J connectivity index is 2.73. The molecule has 1 heterocycles. The van der Waals surface area contributed by atoms with Crippen LogP contribution >= 0.6 is 0 Å². The summed E-state index contributed by atoms with van der Waals surface area (Å²) in [6.45, 7) is 2.68. The molecule has 1 atom stereocenters. The van der Waals surface area contributed by atoms with Gasteiger partial charge in [-0.05, 0) is 6.42 Å². The van der Waals surface area contributed by atoms with E-state index in [1.807, 2.05) is 0 Å². The van der Waals surface area contributed by atoms with Crippen LogP contribution in [0.3, 0.4) is 0 Å². The predicted molar refractivity (Wildman–Crippen MR) is 67.6 cm³/mol. The lowest BCUT2D eigenvalue weighted by Crippen LogP contribution is -2.25. The zero-order valence-corrected chi connectivity index (χ0v) is 11.0. The zero-order valence-electron chi connectivity index (χ0n) is 11.0. The Bertz CT molecular complexity index is 379. The maximum Gasteiger partial charge on any atom is 0.358 e. The van der Waals surface area contributed by atoms with Crippen molar-refractivity contribution in [3.05, 3.63) is 18.1 Å². The topological polar surface area (TPSA) is 73.3 Å². The summed E-state index contributed by atoms with van der Waals surface area (Å²) in [5.41, 5.74) is 0.190. The molecular weight excluding hydrogens is 234 g/mol. The van der Waals surface area contributed by atoms with Gasteiger partial charge in [-0.2, -0.15) is 0 Å². The first-order chi connectivity index (χ1) is 8.71. The quantitative estimate of drug-likeness (QED) is 0.742.